The van der Waals surface area contributed by atoms with Gasteiger partial charge in [-0.1, -0.05) is 12.8 Å². The second kappa shape index (κ2) is 8.05. The van der Waals surface area contributed by atoms with E-state index >= 15 is 0 Å². The van der Waals surface area contributed by atoms with Gasteiger partial charge in [0.2, 0.25) is 5.91 Å². The van der Waals surface area contributed by atoms with Crippen molar-refractivity contribution in [1.29, 1.82) is 0 Å². The Kier molecular flexibility index (Phi) is 6.67. The Balaban J connectivity index is 2.16. The average Bonchev–Trinajstić information content (AvgIpc) is 2.78. The van der Waals surface area contributed by atoms with Gasteiger partial charge in [-0.25, -0.2) is 4.79 Å². The molecular weight excluding hydrogens is 232 g/mol. The van der Waals surface area contributed by atoms with Crippen molar-refractivity contribution in [2.24, 2.45) is 5.73 Å². The van der Waals surface area contributed by atoms with Gasteiger partial charge in [0.05, 0.1) is 6.54 Å². The van der Waals surface area contributed by atoms with E-state index in [1.807, 2.05) is 11.9 Å². The van der Waals surface area contributed by atoms with Gasteiger partial charge in [-0.2, -0.15) is 0 Å². The maximum absolute atomic E-state index is 11.6. The molecule has 104 valence electrons. The molecule has 0 heterocycles. The molecule has 1 rings (SSSR count). The lowest BCUT2D eigenvalue weighted by atomic mass is 10.2. The lowest BCUT2D eigenvalue weighted by Crippen LogP contribution is -2.46. The summed E-state index contributed by atoms with van der Waals surface area (Å²) in [6.45, 7) is 1.58. The molecule has 0 aromatic carbocycles. The van der Waals surface area contributed by atoms with Crippen molar-refractivity contribution < 1.29 is 9.59 Å². The monoisotopic (exact) mass is 256 g/mol. The Bertz CT molecular complexity index is 277. The SMILES string of the molecule is CN(CCCN)CC(=O)NC(=O)NC1CCCC1. The Labute approximate surface area is 108 Å². The summed E-state index contributed by atoms with van der Waals surface area (Å²) in [6, 6.07) is -0.146. The summed E-state index contributed by atoms with van der Waals surface area (Å²) in [5.41, 5.74) is 5.39. The third kappa shape index (κ3) is 5.97. The molecule has 0 radical (unpaired) electrons. The van der Waals surface area contributed by atoms with E-state index in [2.05, 4.69) is 10.6 Å². The molecule has 4 N–H and O–H groups in total. The molecule has 6 heteroatoms. The van der Waals surface area contributed by atoms with Crippen LogP contribution in [0.4, 0.5) is 4.79 Å². The molecule has 0 spiro atoms. The van der Waals surface area contributed by atoms with Gasteiger partial charge < -0.3 is 11.1 Å². The molecule has 1 aliphatic carbocycles. The van der Waals surface area contributed by atoms with Crippen LogP contribution in [0.5, 0.6) is 0 Å². The number of hydrogen-bond donors (Lipinski definition) is 3. The van der Waals surface area contributed by atoms with Crippen LogP contribution in [-0.4, -0.2) is 49.6 Å². The number of carbonyl (C=O) groups is 2. The number of hydrogen-bond acceptors (Lipinski definition) is 4. The highest BCUT2D eigenvalue weighted by atomic mass is 16.2. The van der Waals surface area contributed by atoms with Crippen molar-refractivity contribution in [3.05, 3.63) is 0 Å². The Morgan fingerprint density at radius 3 is 2.61 bits per heavy atom. The van der Waals surface area contributed by atoms with E-state index < -0.39 is 0 Å². The molecule has 1 saturated carbocycles. The lowest BCUT2D eigenvalue weighted by Gasteiger charge is -2.16. The van der Waals surface area contributed by atoms with Crippen LogP contribution in [0.1, 0.15) is 32.1 Å². The Morgan fingerprint density at radius 1 is 1.33 bits per heavy atom. The molecule has 3 amide bonds. The summed E-state index contributed by atoms with van der Waals surface area (Å²) >= 11 is 0. The van der Waals surface area contributed by atoms with E-state index in [1.54, 1.807) is 0 Å². The standard InChI is InChI=1S/C12H24N4O2/c1-16(8-4-7-13)9-11(17)15-12(18)14-10-5-2-3-6-10/h10H,2-9,13H2,1H3,(H2,14,15,17,18). The Hall–Kier alpha value is -1.14. The van der Waals surface area contributed by atoms with E-state index in [1.165, 1.54) is 0 Å². The molecule has 1 fully saturated rings. The smallest absolute Gasteiger partial charge is 0.321 e. The van der Waals surface area contributed by atoms with Crippen LogP contribution >= 0.6 is 0 Å². The van der Waals surface area contributed by atoms with Crippen LogP contribution in [0, 0.1) is 0 Å². The first-order chi connectivity index (χ1) is 8.61. The first-order valence-corrected chi connectivity index (χ1v) is 6.60. The third-order valence-electron chi connectivity index (χ3n) is 3.10. The van der Waals surface area contributed by atoms with E-state index in [0.717, 1.165) is 38.6 Å². The van der Waals surface area contributed by atoms with Crippen LogP contribution in [-0.2, 0) is 4.79 Å². The van der Waals surface area contributed by atoms with Crippen molar-refractivity contribution in [3.63, 3.8) is 0 Å². The fraction of sp³-hybridized carbons (Fsp3) is 0.833. The lowest BCUT2D eigenvalue weighted by molar-refractivity contribution is -0.120. The fourth-order valence-electron chi connectivity index (χ4n) is 2.14. The number of likely N-dealkylation sites (N-methyl/N-ethyl adjacent to an activating group) is 1. The van der Waals surface area contributed by atoms with E-state index in [-0.39, 0.29) is 24.5 Å². The summed E-state index contributed by atoms with van der Waals surface area (Å²) < 4.78 is 0. The third-order valence-corrected chi connectivity index (χ3v) is 3.10. The van der Waals surface area contributed by atoms with E-state index in [4.69, 9.17) is 5.73 Å². The van der Waals surface area contributed by atoms with Gasteiger partial charge in [-0.05, 0) is 39.4 Å². The number of nitrogens with two attached hydrogens (primary N) is 1. The highest BCUT2D eigenvalue weighted by Crippen LogP contribution is 2.17. The summed E-state index contributed by atoms with van der Waals surface area (Å²) in [4.78, 5) is 24.9. The number of urea groups is 1. The zero-order valence-corrected chi connectivity index (χ0v) is 11.1. The summed E-state index contributed by atoms with van der Waals surface area (Å²) in [7, 11) is 1.84. The zero-order chi connectivity index (χ0) is 13.4. The quantitative estimate of drug-likeness (QED) is 0.626. The molecule has 0 unspecified atom stereocenters. The minimum Gasteiger partial charge on any atom is -0.335 e. The normalized spacial score (nSPS) is 15.9. The highest BCUT2D eigenvalue weighted by molar-refractivity contribution is 5.95. The number of imide groups is 1. The number of nitrogens with one attached hydrogen (secondary N) is 2. The maximum atomic E-state index is 11.6. The van der Waals surface area contributed by atoms with Crippen LogP contribution in [0.15, 0.2) is 0 Å². The summed E-state index contributed by atoms with van der Waals surface area (Å²) in [5.74, 6) is -0.273. The van der Waals surface area contributed by atoms with Crippen LogP contribution in [0.2, 0.25) is 0 Å². The van der Waals surface area contributed by atoms with Crippen LogP contribution in [0.3, 0.4) is 0 Å². The molecular formula is C12H24N4O2. The molecule has 0 aromatic heterocycles. The number of rotatable bonds is 6. The summed E-state index contributed by atoms with van der Waals surface area (Å²) in [6.07, 6.45) is 5.18. The van der Waals surface area contributed by atoms with Gasteiger partial charge in [0, 0.05) is 6.04 Å². The number of amides is 3. The minimum absolute atomic E-state index is 0.220. The van der Waals surface area contributed by atoms with Gasteiger partial charge >= 0.3 is 6.03 Å². The first-order valence-electron chi connectivity index (χ1n) is 6.60. The van der Waals surface area contributed by atoms with Crippen molar-refractivity contribution in [1.82, 2.24) is 15.5 Å². The van der Waals surface area contributed by atoms with Gasteiger partial charge in [-0.3, -0.25) is 15.0 Å². The first kappa shape index (κ1) is 14.9. The van der Waals surface area contributed by atoms with Crippen LogP contribution in [0.25, 0.3) is 0 Å². The molecule has 0 bridgehead atoms. The summed E-state index contributed by atoms with van der Waals surface area (Å²) in [5, 5.41) is 5.17. The maximum Gasteiger partial charge on any atom is 0.321 e. The largest absolute Gasteiger partial charge is 0.335 e. The molecule has 1 aliphatic rings. The zero-order valence-electron chi connectivity index (χ0n) is 11.1. The molecule has 0 aromatic rings. The van der Waals surface area contributed by atoms with Crippen molar-refractivity contribution in [2.45, 2.75) is 38.1 Å². The van der Waals surface area contributed by atoms with E-state index in [0.29, 0.717) is 6.54 Å². The molecule has 0 saturated heterocycles. The van der Waals surface area contributed by atoms with Crippen LogP contribution < -0.4 is 16.4 Å². The molecule has 0 aliphatic heterocycles. The number of nitrogens with zero attached hydrogens (tertiary/aromatic N) is 1. The fourth-order valence-corrected chi connectivity index (χ4v) is 2.14. The molecule has 6 nitrogen and oxygen atoms in total. The average molecular weight is 256 g/mol. The van der Waals surface area contributed by atoms with Crippen molar-refractivity contribution in [2.75, 3.05) is 26.7 Å². The van der Waals surface area contributed by atoms with Gasteiger partial charge in [0.15, 0.2) is 0 Å². The minimum atomic E-state index is -0.376. The van der Waals surface area contributed by atoms with Gasteiger partial charge in [0.25, 0.3) is 0 Å². The van der Waals surface area contributed by atoms with Gasteiger partial charge in [0.1, 0.15) is 0 Å². The second-order valence-corrected chi connectivity index (χ2v) is 4.88. The van der Waals surface area contributed by atoms with Crippen molar-refractivity contribution in [3.8, 4) is 0 Å². The molecule has 0 atom stereocenters. The Morgan fingerprint density at radius 2 is 2.00 bits per heavy atom. The highest BCUT2D eigenvalue weighted by Gasteiger charge is 2.18. The predicted molar refractivity (Wildman–Crippen MR) is 70.1 cm³/mol. The second-order valence-electron chi connectivity index (χ2n) is 4.88. The van der Waals surface area contributed by atoms with Crippen molar-refractivity contribution >= 4 is 11.9 Å². The predicted octanol–water partition coefficient (Wildman–Crippen LogP) is 0.0354. The van der Waals surface area contributed by atoms with E-state index in [9.17, 15) is 9.59 Å². The number of carbonyl (C=O) groups excluding carboxylic acids is 2. The van der Waals surface area contributed by atoms with Gasteiger partial charge in [-0.15, -0.1) is 0 Å². The topological polar surface area (TPSA) is 87.5 Å². The molecule has 18 heavy (non-hydrogen) atoms.